The van der Waals surface area contributed by atoms with Crippen LogP contribution in [-0.4, -0.2) is 25.5 Å². The monoisotopic (exact) mass is 273 g/mol. The predicted molar refractivity (Wildman–Crippen MR) is 72.1 cm³/mol. The molecule has 1 aromatic rings. The number of halogens is 1. The third kappa shape index (κ3) is 3.76. The summed E-state index contributed by atoms with van der Waals surface area (Å²) in [5, 5.41) is 4.37. The van der Waals surface area contributed by atoms with Gasteiger partial charge in [0.1, 0.15) is 0 Å². The van der Waals surface area contributed by atoms with E-state index in [-0.39, 0.29) is 5.11 Å². The quantitative estimate of drug-likeness (QED) is 0.495. The minimum atomic E-state index is 0.0813. The fourth-order valence-electron chi connectivity index (χ4n) is 1.13. The lowest BCUT2D eigenvalue weighted by atomic mass is 10.2. The van der Waals surface area contributed by atoms with Crippen LogP contribution in [0.25, 0.3) is 0 Å². The van der Waals surface area contributed by atoms with Crippen LogP contribution in [0.2, 0.25) is 5.02 Å². The Labute approximate surface area is 110 Å². The van der Waals surface area contributed by atoms with Gasteiger partial charge in [-0.15, -0.1) is 0 Å². The summed E-state index contributed by atoms with van der Waals surface area (Å²) in [6, 6.07) is 3.34. The molecule has 0 aromatic heterocycles. The van der Waals surface area contributed by atoms with Crippen molar-refractivity contribution in [2.75, 3.05) is 14.2 Å². The maximum absolute atomic E-state index is 6.03. The maximum Gasteiger partial charge on any atom is 0.184 e. The number of hydrazone groups is 1. The fraction of sp³-hybridized carbons (Fsp3) is 0.200. The first-order valence-corrected chi connectivity index (χ1v) is 5.37. The number of rotatable bonds is 4. The minimum absolute atomic E-state index is 0.0813. The van der Waals surface area contributed by atoms with E-state index in [1.54, 1.807) is 19.2 Å². The van der Waals surface area contributed by atoms with E-state index in [1.807, 2.05) is 0 Å². The molecule has 0 atom stereocenters. The van der Waals surface area contributed by atoms with Crippen LogP contribution in [0.5, 0.6) is 11.5 Å². The summed E-state index contributed by atoms with van der Waals surface area (Å²) in [5.74, 6) is 1.12. The Bertz CT molecular complexity index is 451. The highest BCUT2D eigenvalue weighted by molar-refractivity contribution is 7.80. The van der Waals surface area contributed by atoms with Gasteiger partial charge in [0, 0.05) is 11.6 Å². The molecular weight excluding hydrogens is 262 g/mol. The zero-order valence-corrected chi connectivity index (χ0v) is 10.9. The molecule has 5 nitrogen and oxygen atoms in total. The van der Waals surface area contributed by atoms with Gasteiger partial charge in [-0.05, 0) is 18.3 Å². The highest BCUT2D eigenvalue weighted by Gasteiger charge is 2.08. The Morgan fingerprint density at radius 3 is 2.53 bits per heavy atom. The molecule has 0 heterocycles. The van der Waals surface area contributed by atoms with Gasteiger partial charge in [-0.3, -0.25) is 5.43 Å². The van der Waals surface area contributed by atoms with Gasteiger partial charge in [0.15, 0.2) is 16.6 Å². The Morgan fingerprint density at radius 2 is 2.00 bits per heavy atom. The summed E-state index contributed by atoms with van der Waals surface area (Å²) in [5.41, 5.74) is 8.32. The average molecular weight is 274 g/mol. The number of nitrogens with zero attached hydrogens (tertiary/aromatic N) is 1. The van der Waals surface area contributed by atoms with Gasteiger partial charge in [0.2, 0.25) is 0 Å². The number of methoxy groups -OCH3 is 2. The molecular formula is C10H12ClN3O2S. The first kappa shape index (κ1) is 13.5. The lowest BCUT2D eigenvalue weighted by Gasteiger charge is -2.09. The van der Waals surface area contributed by atoms with E-state index in [0.717, 1.165) is 0 Å². The summed E-state index contributed by atoms with van der Waals surface area (Å²) in [6.45, 7) is 0. The molecule has 0 amide bonds. The first-order valence-electron chi connectivity index (χ1n) is 4.58. The Morgan fingerprint density at radius 1 is 1.41 bits per heavy atom. The highest BCUT2D eigenvalue weighted by atomic mass is 35.5. The van der Waals surface area contributed by atoms with Crippen LogP contribution in [0.15, 0.2) is 17.2 Å². The van der Waals surface area contributed by atoms with Gasteiger partial charge in [0.05, 0.1) is 25.5 Å². The number of nitrogens with two attached hydrogens (primary N) is 1. The molecule has 0 bridgehead atoms. The standard InChI is InChI=1S/C10H12ClN3O2S/c1-15-8-3-6(5-13-14-10(12)17)7(11)4-9(8)16-2/h3-5H,1-2H3,(H3,12,14,17)/b13-5-. The van der Waals surface area contributed by atoms with Crippen molar-refractivity contribution < 1.29 is 9.47 Å². The normalized spacial score (nSPS) is 10.3. The molecule has 7 heteroatoms. The maximum atomic E-state index is 6.03. The number of ether oxygens (including phenoxy) is 2. The van der Waals surface area contributed by atoms with Gasteiger partial charge in [-0.1, -0.05) is 11.6 Å². The molecule has 1 rings (SSSR count). The molecule has 92 valence electrons. The van der Waals surface area contributed by atoms with Gasteiger partial charge in [0.25, 0.3) is 0 Å². The van der Waals surface area contributed by atoms with Crippen molar-refractivity contribution in [3.05, 3.63) is 22.7 Å². The van der Waals surface area contributed by atoms with E-state index in [0.29, 0.717) is 22.1 Å². The van der Waals surface area contributed by atoms with E-state index < -0.39 is 0 Å². The van der Waals surface area contributed by atoms with Crippen molar-refractivity contribution in [1.82, 2.24) is 5.43 Å². The molecule has 0 radical (unpaired) electrons. The second-order valence-corrected chi connectivity index (χ2v) is 3.81. The highest BCUT2D eigenvalue weighted by Crippen LogP contribution is 2.32. The van der Waals surface area contributed by atoms with Gasteiger partial charge >= 0.3 is 0 Å². The minimum Gasteiger partial charge on any atom is -0.493 e. The van der Waals surface area contributed by atoms with Gasteiger partial charge < -0.3 is 15.2 Å². The molecule has 0 fully saturated rings. The molecule has 3 N–H and O–H groups in total. The third-order valence-corrected chi connectivity index (χ3v) is 2.30. The molecule has 0 saturated carbocycles. The molecule has 17 heavy (non-hydrogen) atoms. The SMILES string of the molecule is COc1cc(Cl)c(/C=N\NC(N)=S)cc1OC. The molecule has 0 aliphatic carbocycles. The summed E-state index contributed by atoms with van der Waals surface area (Å²) in [7, 11) is 3.08. The Balaban J connectivity index is 3.00. The second kappa shape index (κ2) is 6.27. The van der Waals surface area contributed by atoms with E-state index in [9.17, 15) is 0 Å². The van der Waals surface area contributed by atoms with Crippen molar-refractivity contribution in [3.63, 3.8) is 0 Å². The van der Waals surface area contributed by atoms with Crippen molar-refractivity contribution >= 4 is 35.1 Å². The largest absolute Gasteiger partial charge is 0.493 e. The number of nitrogens with one attached hydrogen (secondary N) is 1. The third-order valence-electron chi connectivity index (χ3n) is 1.88. The average Bonchev–Trinajstić information content (AvgIpc) is 2.30. The summed E-state index contributed by atoms with van der Waals surface area (Å²) in [6.07, 6.45) is 1.49. The van der Waals surface area contributed by atoms with E-state index in [1.165, 1.54) is 13.3 Å². The molecule has 0 spiro atoms. The van der Waals surface area contributed by atoms with Crippen LogP contribution in [0, 0.1) is 0 Å². The van der Waals surface area contributed by atoms with Gasteiger partial charge in [-0.25, -0.2) is 0 Å². The van der Waals surface area contributed by atoms with Crippen LogP contribution in [-0.2, 0) is 0 Å². The van der Waals surface area contributed by atoms with Crippen LogP contribution in [0.4, 0.5) is 0 Å². The smallest absolute Gasteiger partial charge is 0.184 e. The Hall–Kier alpha value is -1.53. The number of hydrogen-bond donors (Lipinski definition) is 2. The van der Waals surface area contributed by atoms with Crippen molar-refractivity contribution in [2.45, 2.75) is 0 Å². The first-order chi connectivity index (χ1) is 8.08. The van der Waals surface area contributed by atoms with Crippen LogP contribution >= 0.6 is 23.8 Å². The van der Waals surface area contributed by atoms with Crippen LogP contribution in [0.3, 0.4) is 0 Å². The molecule has 0 unspecified atom stereocenters. The summed E-state index contributed by atoms with van der Waals surface area (Å²) >= 11 is 10.6. The molecule has 0 saturated heterocycles. The van der Waals surface area contributed by atoms with E-state index in [4.69, 9.17) is 26.8 Å². The summed E-state index contributed by atoms with van der Waals surface area (Å²) < 4.78 is 10.2. The zero-order chi connectivity index (χ0) is 12.8. The summed E-state index contributed by atoms with van der Waals surface area (Å²) in [4.78, 5) is 0. The van der Waals surface area contributed by atoms with E-state index in [2.05, 4.69) is 22.7 Å². The van der Waals surface area contributed by atoms with Crippen LogP contribution < -0.4 is 20.6 Å². The molecule has 0 aliphatic rings. The lowest BCUT2D eigenvalue weighted by Crippen LogP contribution is -2.24. The Kier molecular flexibility index (Phi) is 4.99. The van der Waals surface area contributed by atoms with Gasteiger partial charge in [-0.2, -0.15) is 5.10 Å². The van der Waals surface area contributed by atoms with Crippen molar-refractivity contribution in [1.29, 1.82) is 0 Å². The van der Waals surface area contributed by atoms with Crippen LogP contribution in [0.1, 0.15) is 5.56 Å². The second-order valence-electron chi connectivity index (χ2n) is 2.96. The lowest BCUT2D eigenvalue weighted by molar-refractivity contribution is 0.355. The fourth-order valence-corrected chi connectivity index (χ4v) is 1.39. The predicted octanol–water partition coefficient (Wildman–Crippen LogP) is 1.52. The topological polar surface area (TPSA) is 68.9 Å². The molecule has 1 aromatic carbocycles. The van der Waals surface area contributed by atoms with Crippen molar-refractivity contribution in [3.8, 4) is 11.5 Å². The number of hydrogen-bond acceptors (Lipinski definition) is 4. The zero-order valence-electron chi connectivity index (χ0n) is 9.36. The van der Waals surface area contributed by atoms with Crippen molar-refractivity contribution in [2.24, 2.45) is 10.8 Å². The number of thiocarbonyl (C=S) groups is 1. The van der Waals surface area contributed by atoms with E-state index >= 15 is 0 Å². The number of benzene rings is 1. The molecule has 0 aliphatic heterocycles.